The van der Waals surface area contributed by atoms with Gasteiger partial charge in [-0.3, -0.25) is 4.79 Å². The second-order valence-electron chi connectivity index (χ2n) is 10.3. The van der Waals surface area contributed by atoms with Crippen molar-refractivity contribution in [1.82, 2.24) is 0 Å². The molecule has 4 rings (SSSR count). The van der Waals surface area contributed by atoms with Crippen molar-refractivity contribution < 1.29 is 4.79 Å². The minimum atomic E-state index is 0.225. The number of carbonyl (C=O) groups excluding carboxylic acids is 1. The molecular weight excluding hydrogens is 509 g/mol. The van der Waals surface area contributed by atoms with E-state index >= 15 is 0 Å². The molecule has 0 fully saturated rings. The lowest BCUT2D eigenvalue weighted by Crippen LogP contribution is -1.93. The average Bonchev–Trinajstić information content (AvgIpc) is 3.24. The van der Waals surface area contributed by atoms with Crippen molar-refractivity contribution in [3.05, 3.63) is 94.4 Å². The van der Waals surface area contributed by atoms with Crippen molar-refractivity contribution in [3.63, 3.8) is 0 Å². The molecule has 4 aromatic rings. The van der Waals surface area contributed by atoms with Gasteiger partial charge in [0.15, 0.2) is 0 Å². The molecule has 0 aliphatic rings. The number of benzene rings is 3. The molecule has 0 saturated heterocycles. The fourth-order valence-corrected chi connectivity index (χ4v) is 5.30. The van der Waals surface area contributed by atoms with E-state index in [1.807, 2.05) is 23.5 Å². The molecule has 0 aliphatic heterocycles. The monoisotopic (exact) mass is 550 g/mol. The molecule has 0 aliphatic carbocycles. The summed E-state index contributed by atoms with van der Waals surface area (Å²) in [4.78, 5) is 13.0. The fourth-order valence-electron chi connectivity index (χ4n) is 3.53. The van der Waals surface area contributed by atoms with E-state index in [0.29, 0.717) is 23.5 Å². The molecule has 37 heavy (non-hydrogen) atoms. The Morgan fingerprint density at radius 2 is 1.27 bits per heavy atom. The van der Waals surface area contributed by atoms with Gasteiger partial charge in [0.2, 0.25) is 0 Å². The van der Waals surface area contributed by atoms with Crippen LogP contribution in [0.2, 0.25) is 0 Å². The summed E-state index contributed by atoms with van der Waals surface area (Å²) in [5.41, 5.74) is 5.56. The van der Waals surface area contributed by atoms with Gasteiger partial charge in [0.25, 0.3) is 0 Å². The Kier molecular flexibility index (Phi) is 13.0. The molecule has 0 unspecified atom stereocenters. The van der Waals surface area contributed by atoms with E-state index < -0.39 is 0 Å². The Hall–Kier alpha value is -2.01. The van der Waals surface area contributed by atoms with E-state index in [9.17, 15) is 4.79 Å². The number of thiol groups is 1. The second-order valence-corrected chi connectivity index (χ2v) is 12.8. The van der Waals surface area contributed by atoms with E-state index in [4.69, 9.17) is 0 Å². The van der Waals surface area contributed by atoms with Crippen LogP contribution in [0.5, 0.6) is 0 Å². The molecule has 198 valence electrons. The van der Waals surface area contributed by atoms with Gasteiger partial charge < -0.3 is 0 Å². The second kappa shape index (κ2) is 15.4. The topological polar surface area (TPSA) is 17.1 Å². The smallest absolute Gasteiger partial charge is 0.140 e. The fraction of sp³-hybridized carbons (Fsp3) is 0.364. The first kappa shape index (κ1) is 31.2. The maximum absolute atomic E-state index is 10.8. The maximum atomic E-state index is 10.8. The van der Waals surface area contributed by atoms with Gasteiger partial charge in [0.1, 0.15) is 5.78 Å². The standard InChI is InChI=1S/C12H16OS.C12H14S.C9H12S/c1-9(2)11-4-6-12(7-5-11)14-8-10(3)13;1-8(2)10-4-5-12-11(6-10)9(3)7-13-12;1-7(2)8-3-5-9(10)6-4-8/h4-7,9H,8H2,1-3H3;4-8H,1-3H3;3-7,10H,1-2H3. The Balaban J connectivity index is 0.000000198. The lowest BCUT2D eigenvalue weighted by atomic mass is 10.0. The molecule has 0 atom stereocenters. The molecular formula is C33H42OS3. The van der Waals surface area contributed by atoms with Crippen molar-refractivity contribution in [2.75, 3.05) is 5.75 Å². The van der Waals surface area contributed by atoms with Crippen LogP contribution in [0.3, 0.4) is 0 Å². The molecule has 1 nitrogen and oxygen atoms in total. The molecule has 4 heteroatoms. The third kappa shape index (κ3) is 10.7. The Morgan fingerprint density at radius 1 is 0.784 bits per heavy atom. The summed E-state index contributed by atoms with van der Waals surface area (Å²) in [6, 6.07) is 23.5. The van der Waals surface area contributed by atoms with Crippen LogP contribution in [0.25, 0.3) is 10.1 Å². The number of aryl methyl sites for hydroxylation is 1. The lowest BCUT2D eigenvalue weighted by molar-refractivity contribution is -0.114. The number of ketones is 1. The summed E-state index contributed by atoms with van der Waals surface area (Å²) in [6.07, 6.45) is 0. The van der Waals surface area contributed by atoms with Crippen molar-refractivity contribution in [2.45, 2.75) is 82.9 Å². The van der Waals surface area contributed by atoms with Crippen LogP contribution in [-0.2, 0) is 4.79 Å². The zero-order valence-corrected chi connectivity index (χ0v) is 26.1. The van der Waals surface area contributed by atoms with Crippen molar-refractivity contribution >= 4 is 51.6 Å². The van der Waals surface area contributed by atoms with Gasteiger partial charge in [-0.2, -0.15) is 0 Å². The SMILES string of the molecule is CC(=O)CSc1ccc(C(C)C)cc1.CC(C)c1ccc(S)cc1.Cc1csc2ccc(C(C)C)cc12. The van der Waals surface area contributed by atoms with E-state index in [1.165, 1.54) is 37.2 Å². The highest BCUT2D eigenvalue weighted by Crippen LogP contribution is 2.28. The van der Waals surface area contributed by atoms with Crippen molar-refractivity contribution in [3.8, 4) is 0 Å². The Morgan fingerprint density at radius 3 is 1.76 bits per heavy atom. The normalized spacial score (nSPS) is 10.8. The zero-order valence-electron chi connectivity index (χ0n) is 23.5. The van der Waals surface area contributed by atoms with Crippen LogP contribution in [0.1, 0.15) is 88.5 Å². The lowest BCUT2D eigenvalue weighted by Gasteiger charge is -2.05. The number of fused-ring (bicyclic) bond motifs is 1. The van der Waals surface area contributed by atoms with Gasteiger partial charge in [-0.25, -0.2) is 0 Å². The molecule has 0 saturated carbocycles. The van der Waals surface area contributed by atoms with Crippen LogP contribution >= 0.6 is 35.7 Å². The van der Waals surface area contributed by atoms with Crippen LogP contribution in [0.4, 0.5) is 0 Å². The van der Waals surface area contributed by atoms with Gasteiger partial charge in [-0.1, -0.05) is 71.9 Å². The minimum absolute atomic E-state index is 0.225. The van der Waals surface area contributed by atoms with E-state index in [-0.39, 0.29) is 5.78 Å². The van der Waals surface area contributed by atoms with Gasteiger partial charge in [0, 0.05) is 14.5 Å². The van der Waals surface area contributed by atoms with Gasteiger partial charge in [0.05, 0.1) is 5.75 Å². The molecule has 1 aromatic heterocycles. The number of hydrogen-bond acceptors (Lipinski definition) is 4. The number of rotatable bonds is 6. The van der Waals surface area contributed by atoms with E-state index in [0.717, 1.165) is 4.90 Å². The molecule has 0 radical (unpaired) electrons. The van der Waals surface area contributed by atoms with Crippen molar-refractivity contribution in [2.24, 2.45) is 0 Å². The minimum Gasteiger partial charge on any atom is -0.299 e. The van der Waals surface area contributed by atoms with E-state index in [2.05, 4.69) is 121 Å². The van der Waals surface area contributed by atoms with Gasteiger partial charge in [-0.15, -0.1) is 35.7 Å². The summed E-state index contributed by atoms with van der Waals surface area (Å²) in [6.45, 7) is 17.0. The number of Topliss-reactive ketones (excluding diaryl/α,β-unsaturated/α-hetero) is 1. The third-order valence-electron chi connectivity index (χ3n) is 6.01. The molecule has 0 N–H and O–H groups in total. The van der Waals surface area contributed by atoms with Crippen molar-refractivity contribution in [1.29, 1.82) is 0 Å². The van der Waals surface area contributed by atoms with Crippen LogP contribution in [0, 0.1) is 6.92 Å². The summed E-state index contributed by atoms with van der Waals surface area (Å²) in [7, 11) is 0. The number of thioether (sulfide) groups is 1. The Labute approximate surface area is 238 Å². The first-order chi connectivity index (χ1) is 17.5. The molecule has 3 aromatic carbocycles. The summed E-state index contributed by atoms with van der Waals surface area (Å²) in [5, 5.41) is 3.66. The first-order valence-corrected chi connectivity index (χ1v) is 15.3. The highest BCUT2D eigenvalue weighted by atomic mass is 32.2. The predicted octanol–water partition coefficient (Wildman–Crippen LogP) is 10.9. The summed E-state index contributed by atoms with van der Waals surface area (Å²) in [5.74, 6) is 2.61. The van der Waals surface area contributed by atoms with E-state index in [1.54, 1.807) is 18.7 Å². The van der Waals surface area contributed by atoms with Crippen LogP contribution in [0.15, 0.2) is 81.9 Å². The average molecular weight is 551 g/mol. The van der Waals surface area contributed by atoms with Crippen LogP contribution < -0.4 is 0 Å². The highest BCUT2D eigenvalue weighted by Gasteiger charge is 2.04. The quantitative estimate of drug-likeness (QED) is 0.190. The molecule has 0 spiro atoms. The summed E-state index contributed by atoms with van der Waals surface area (Å²) >= 11 is 7.63. The largest absolute Gasteiger partial charge is 0.299 e. The van der Waals surface area contributed by atoms with Gasteiger partial charge >= 0.3 is 0 Å². The zero-order chi connectivity index (χ0) is 27.5. The molecule has 0 bridgehead atoms. The molecule has 0 amide bonds. The predicted molar refractivity (Wildman–Crippen MR) is 170 cm³/mol. The number of thiophene rings is 1. The number of hydrogen-bond donors (Lipinski definition) is 1. The van der Waals surface area contributed by atoms with Crippen LogP contribution in [-0.4, -0.2) is 11.5 Å². The van der Waals surface area contributed by atoms with Gasteiger partial charge in [-0.05, 0) is 101 Å². The molecule has 1 heterocycles. The maximum Gasteiger partial charge on any atom is 0.140 e. The first-order valence-electron chi connectivity index (χ1n) is 13.0. The summed E-state index contributed by atoms with van der Waals surface area (Å²) < 4.78 is 1.40. The Bertz CT molecular complexity index is 1230. The number of carbonyl (C=O) groups is 1. The third-order valence-corrected chi connectivity index (χ3v) is 8.54. The highest BCUT2D eigenvalue weighted by molar-refractivity contribution is 8.00.